The predicted molar refractivity (Wildman–Crippen MR) is 62.4 cm³/mol. The van der Waals surface area contributed by atoms with E-state index in [1.165, 1.54) is 26.1 Å². The molecule has 18 heavy (non-hydrogen) atoms. The number of aromatic nitrogens is 1. The second-order valence-corrected chi connectivity index (χ2v) is 3.87. The number of aromatic amines is 1. The molecule has 0 aliphatic carbocycles. The van der Waals surface area contributed by atoms with Crippen molar-refractivity contribution in [3.63, 3.8) is 0 Å². The topological polar surface area (TPSA) is 111 Å². The van der Waals surface area contributed by atoms with Crippen LogP contribution in [-0.2, 0) is 9.59 Å². The Kier molecular flexibility index (Phi) is 4.22. The number of carboxylic acids is 1. The standard InChI is InChI=1S/C11H14N2O5/c1-6(15)8-3-9(12-4-8)13(5-14)10(7(2)16)11(17)18/h3-5,7,10,12,16H,1-2H3,(H,17,18). The highest BCUT2D eigenvalue weighted by atomic mass is 16.4. The van der Waals surface area contributed by atoms with Gasteiger partial charge in [-0.15, -0.1) is 0 Å². The molecule has 1 heterocycles. The van der Waals surface area contributed by atoms with Gasteiger partial charge in [0.15, 0.2) is 11.8 Å². The van der Waals surface area contributed by atoms with Crippen molar-refractivity contribution in [2.75, 3.05) is 4.90 Å². The Morgan fingerprint density at radius 1 is 1.50 bits per heavy atom. The average Bonchev–Trinajstić information content (AvgIpc) is 2.73. The minimum Gasteiger partial charge on any atom is -0.480 e. The molecular formula is C11H14N2O5. The Hall–Kier alpha value is -2.15. The maximum Gasteiger partial charge on any atom is 0.329 e. The molecule has 0 aliphatic heterocycles. The summed E-state index contributed by atoms with van der Waals surface area (Å²) in [5.41, 5.74) is 0.326. The lowest BCUT2D eigenvalue weighted by Gasteiger charge is -2.25. The van der Waals surface area contributed by atoms with Gasteiger partial charge in [0, 0.05) is 11.8 Å². The van der Waals surface area contributed by atoms with Crippen LogP contribution in [0.2, 0.25) is 0 Å². The van der Waals surface area contributed by atoms with E-state index < -0.39 is 18.1 Å². The second kappa shape index (κ2) is 5.46. The number of rotatable bonds is 6. The van der Waals surface area contributed by atoms with Crippen LogP contribution in [0, 0.1) is 0 Å². The van der Waals surface area contributed by atoms with Crippen molar-refractivity contribution >= 4 is 24.0 Å². The quantitative estimate of drug-likeness (QED) is 0.489. The smallest absolute Gasteiger partial charge is 0.329 e. The molecule has 1 aromatic heterocycles. The van der Waals surface area contributed by atoms with Gasteiger partial charge in [-0.2, -0.15) is 0 Å². The minimum absolute atomic E-state index is 0.142. The minimum atomic E-state index is -1.42. The van der Waals surface area contributed by atoms with Crippen LogP contribution >= 0.6 is 0 Å². The van der Waals surface area contributed by atoms with Crippen LogP contribution in [0.25, 0.3) is 0 Å². The van der Waals surface area contributed by atoms with Crippen molar-refractivity contribution in [3.8, 4) is 0 Å². The second-order valence-electron chi connectivity index (χ2n) is 3.87. The number of nitrogens with one attached hydrogen (secondary N) is 1. The monoisotopic (exact) mass is 254 g/mol. The summed E-state index contributed by atoms with van der Waals surface area (Å²) >= 11 is 0. The number of carbonyl (C=O) groups excluding carboxylic acids is 2. The van der Waals surface area contributed by atoms with Crippen molar-refractivity contribution in [1.29, 1.82) is 0 Å². The van der Waals surface area contributed by atoms with Crippen LogP contribution in [0.4, 0.5) is 5.82 Å². The zero-order chi connectivity index (χ0) is 13.9. The zero-order valence-corrected chi connectivity index (χ0v) is 9.95. The Balaban J connectivity index is 3.11. The Bertz CT molecular complexity index is 466. The first-order chi connectivity index (χ1) is 8.38. The fraction of sp³-hybridized carbons (Fsp3) is 0.364. The fourth-order valence-electron chi connectivity index (χ4n) is 1.56. The van der Waals surface area contributed by atoms with Gasteiger partial charge in [-0.05, 0) is 19.9 Å². The van der Waals surface area contributed by atoms with Crippen LogP contribution in [0.3, 0.4) is 0 Å². The highest BCUT2D eigenvalue weighted by molar-refractivity contribution is 5.96. The van der Waals surface area contributed by atoms with E-state index in [1.54, 1.807) is 0 Å². The van der Waals surface area contributed by atoms with Gasteiger partial charge in [-0.1, -0.05) is 0 Å². The lowest BCUT2D eigenvalue weighted by atomic mass is 10.1. The molecule has 1 aromatic rings. The molecule has 1 amide bonds. The number of amides is 1. The Labute approximate surface area is 103 Å². The maximum absolute atomic E-state index is 11.1. The van der Waals surface area contributed by atoms with Gasteiger partial charge in [0.25, 0.3) is 0 Å². The molecule has 0 spiro atoms. The molecule has 0 fully saturated rings. The largest absolute Gasteiger partial charge is 0.480 e. The van der Waals surface area contributed by atoms with Crippen molar-refractivity contribution in [3.05, 3.63) is 17.8 Å². The normalized spacial score (nSPS) is 13.7. The van der Waals surface area contributed by atoms with Crippen LogP contribution in [-0.4, -0.2) is 45.5 Å². The molecule has 0 aliphatic rings. The molecule has 98 valence electrons. The molecule has 3 N–H and O–H groups in total. The van der Waals surface area contributed by atoms with Gasteiger partial charge < -0.3 is 15.2 Å². The number of Topliss-reactive ketones (excluding diaryl/α,β-unsaturated/α-hetero) is 1. The lowest BCUT2D eigenvalue weighted by molar-refractivity contribution is -0.141. The fourth-order valence-corrected chi connectivity index (χ4v) is 1.56. The first-order valence-corrected chi connectivity index (χ1v) is 5.22. The molecule has 7 nitrogen and oxygen atoms in total. The lowest BCUT2D eigenvalue weighted by Crippen LogP contribution is -2.47. The Morgan fingerprint density at radius 3 is 2.44 bits per heavy atom. The van der Waals surface area contributed by atoms with Crippen molar-refractivity contribution in [1.82, 2.24) is 4.98 Å². The molecule has 0 aromatic carbocycles. The summed E-state index contributed by atoms with van der Waals surface area (Å²) in [5, 5.41) is 18.4. The summed E-state index contributed by atoms with van der Waals surface area (Å²) < 4.78 is 0. The number of aliphatic carboxylic acids is 1. The number of carbonyl (C=O) groups is 3. The van der Waals surface area contributed by atoms with Gasteiger partial charge in [0.05, 0.1) is 6.10 Å². The van der Waals surface area contributed by atoms with Crippen LogP contribution in [0.5, 0.6) is 0 Å². The van der Waals surface area contributed by atoms with Gasteiger partial charge in [-0.25, -0.2) is 4.79 Å². The van der Waals surface area contributed by atoms with Crippen LogP contribution in [0.15, 0.2) is 12.3 Å². The maximum atomic E-state index is 11.1. The van der Waals surface area contributed by atoms with E-state index in [0.29, 0.717) is 12.0 Å². The number of anilines is 1. The molecule has 0 bridgehead atoms. The third kappa shape index (κ3) is 2.75. The molecule has 0 saturated heterocycles. The average molecular weight is 254 g/mol. The van der Waals surface area contributed by atoms with E-state index in [9.17, 15) is 19.5 Å². The number of aliphatic hydroxyl groups is 1. The number of aliphatic hydroxyl groups excluding tert-OH is 1. The van der Waals surface area contributed by atoms with Gasteiger partial charge in [-0.3, -0.25) is 14.5 Å². The molecule has 7 heteroatoms. The molecular weight excluding hydrogens is 240 g/mol. The third-order valence-corrected chi connectivity index (χ3v) is 2.48. The van der Waals surface area contributed by atoms with Crippen molar-refractivity contribution < 1.29 is 24.6 Å². The van der Waals surface area contributed by atoms with E-state index in [-0.39, 0.29) is 11.6 Å². The van der Waals surface area contributed by atoms with E-state index >= 15 is 0 Å². The highest BCUT2D eigenvalue weighted by Crippen LogP contribution is 2.18. The molecule has 2 unspecified atom stereocenters. The van der Waals surface area contributed by atoms with E-state index in [0.717, 1.165) is 4.90 Å². The summed E-state index contributed by atoms with van der Waals surface area (Å²) in [6.07, 6.45) is 0.410. The van der Waals surface area contributed by atoms with Gasteiger partial charge >= 0.3 is 5.97 Å². The molecule has 1 rings (SSSR count). The van der Waals surface area contributed by atoms with Crippen LogP contribution < -0.4 is 4.90 Å². The van der Waals surface area contributed by atoms with E-state index in [2.05, 4.69) is 4.98 Å². The number of hydrogen-bond donors (Lipinski definition) is 3. The summed E-state index contributed by atoms with van der Waals surface area (Å²) in [6.45, 7) is 2.62. The number of hydrogen-bond acceptors (Lipinski definition) is 4. The summed E-state index contributed by atoms with van der Waals surface area (Å²) in [6, 6.07) is -0.0596. The molecule has 2 atom stereocenters. The molecule has 0 radical (unpaired) electrons. The number of H-pyrrole nitrogens is 1. The van der Waals surface area contributed by atoms with E-state index in [4.69, 9.17) is 5.11 Å². The van der Waals surface area contributed by atoms with Gasteiger partial charge in [0.1, 0.15) is 5.82 Å². The van der Waals surface area contributed by atoms with Crippen molar-refractivity contribution in [2.45, 2.75) is 26.0 Å². The number of nitrogens with zero attached hydrogens (tertiary/aromatic N) is 1. The first-order valence-electron chi connectivity index (χ1n) is 5.22. The summed E-state index contributed by atoms with van der Waals surface area (Å²) in [4.78, 5) is 36.6. The Morgan fingerprint density at radius 2 is 2.11 bits per heavy atom. The first kappa shape index (κ1) is 13.9. The summed E-state index contributed by atoms with van der Waals surface area (Å²) in [7, 11) is 0. The van der Waals surface area contributed by atoms with Crippen LogP contribution in [0.1, 0.15) is 24.2 Å². The highest BCUT2D eigenvalue weighted by Gasteiger charge is 2.31. The third-order valence-electron chi connectivity index (χ3n) is 2.48. The number of carboxylic acid groups (broad SMARTS) is 1. The SMILES string of the molecule is CC(=O)c1c[nH]c(N(C=O)C(C(=O)O)C(C)O)c1. The van der Waals surface area contributed by atoms with Crippen molar-refractivity contribution in [2.24, 2.45) is 0 Å². The summed E-state index contributed by atoms with van der Waals surface area (Å²) in [5.74, 6) is -1.41. The predicted octanol–water partition coefficient (Wildman–Crippen LogP) is 0.0141. The molecule has 0 saturated carbocycles. The zero-order valence-electron chi connectivity index (χ0n) is 9.95. The van der Waals surface area contributed by atoms with E-state index in [1.807, 2.05) is 0 Å². The number of ketones is 1. The van der Waals surface area contributed by atoms with Gasteiger partial charge in [0.2, 0.25) is 6.41 Å².